The first kappa shape index (κ1) is 35.5. The van der Waals surface area contributed by atoms with E-state index in [-0.39, 0.29) is 0 Å². The highest BCUT2D eigenvalue weighted by molar-refractivity contribution is 6.19. The predicted molar refractivity (Wildman–Crippen MR) is 256 cm³/mol. The summed E-state index contributed by atoms with van der Waals surface area (Å²) in [6.45, 7) is 0. The molecule has 0 spiro atoms. The van der Waals surface area contributed by atoms with Gasteiger partial charge in [-0.1, -0.05) is 164 Å². The van der Waals surface area contributed by atoms with E-state index in [0.717, 1.165) is 39.1 Å². The quantitative estimate of drug-likeness (QED) is 0.162. The van der Waals surface area contributed by atoms with Crippen LogP contribution >= 0.6 is 0 Å². The van der Waals surface area contributed by atoms with E-state index in [1.165, 1.54) is 54.8 Å². The monoisotopic (exact) mass is 791 g/mol. The largest absolute Gasteiger partial charge is 0.309 e. The van der Waals surface area contributed by atoms with Crippen LogP contribution in [0.1, 0.15) is 0 Å². The lowest BCUT2D eigenvalue weighted by molar-refractivity contribution is 1.07. The Bertz CT molecular complexity index is 3540. The zero-order chi connectivity index (χ0) is 41.0. The van der Waals surface area contributed by atoms with Gasteiger partial charge in [-0.15, -0.1) is 0 Å². The fraction of sp³-hybridized carbons (Fsp3) is 0. The minimum atomic E-state index is 0.632. The molecule has 62 heavy (non-hydrogen) atoms. The topological polar surface area (TPSA) is 48.5 Å². The SMILES string of the molecule is c1ccc(-c2ccc(-n3c4ccccc4c4cc5c(cc43)c3ccccc3n5-c3ccc(-c4nc(-c5ccccc5)nc(-c5ccccc5)n4)cc3)c(-c3ccccc3)c2)cc1. The molecule has 0 atom stereocenters. The van der Waals surface area contributed by atoms with E-state index in [2.05, 4.69) is 173 Å². The average Bonchev–Trinajstić information content (AvgIpc) is 3.86. The molecule has 0 unspecified atom stereocenters. The molecule has 12 rings (SSSR count). The zero-order valence-corrected chi connectivity index (χ0v) is 33.6. The Labute approximate surface area is 358 Å². The second kappa shape index (κ2) is 14.7. The van der Waals surface area contributed by atoms with Crippen LogP contribution in [0, 0.1) is 0 Å². The first-order valence-corrected chi connectivity index (χ1v) is 20.9. The van der Waals surface area contributed by atoms with Gasteiger partial charge in [0.1, 0.15) is 0 Å². The highest BCUT2D eigenvalue weighted by Crippen LogP contribution is 2.42. The number of para-hydroxylation sites is 2. The number of benzene rings is 9. The summed E-state index contributed by atoms with van der Waals surface area (Å²) in [5.41, 5.74) is 14.4. The Kier molecular flexibility index (Phi) is 8.42. The first-order valence-electron chi connectivity index (χ1n) is 20.9. The van der Waals surface area contributed by atoms with Crippen LogP contribution in [0.4, 0.5) is 0 Å². The minimum absolute atomic E-state index is 0.632. The van der Waals surface area contributed by atoms with E-state index in [9.17, 15) is 0 Å². The Balaban J connectivity index is 1.04. The van der Waals surface area contributed by atoms with Crippen molar-refractivity contribution in [3.8, 4) is 67.8 Å². The molecule has 0 bridgehead atoms. The van der Waals surface area contributed by atoms with Gasteiger partial charge in [-0.25, -0.2) is 15.0 Å². The summed E-state index contributed by atoms with van der Waals surface area (Å²) in [5.74, 6) is 1.92. The molecule has 0 saturated carbocycles. The Morgan fingerprint density at radius 1 is 0.258 bits per heavy atom. The van der Waals surface area contributed by atoms with Crippen LogP contribution < -0.4 is 0 Å². The number of aromatic nitrogens is 5. The molecular weight excluding hydrogens is 755 g/mol. The summed E-state index contributed by atoms with van der Waals surface area (Å²) in [7, 11) is 0. The molecule has 0 fully saturated rings. The molecule has 5 nitrogen and oxygen atoms in total. The summed E-state index contributed by atoms with van der Waals surface area (Å²) in [5, 5.41) is 4.80. The van der Waals surface area contributed by atoms with Crippen molar-refractivity contribution in [3.05, 3.63) is 224 Å². The number of hydrogen-bond acceptors (Lipinski definition) is 3. The van der Waals surface area contributed by atoms with E-state index < -0.39 is 0 Å². The fourth-order valence-electron chi connectivity index (χ4n) is 9.06. The molecule has 0 amide bonds. The molecule has 9 aromatic carbocycles. The van der Waals surface area contributed by atoms with Gasteiger partial charge in [0.25, 0.3) is 0 Å². The van der Waals surface area contributed by atoms with Crippen molar-refractivity contribution < 1.29 is 0 Å². The molecular formula is C57H37N5. The minimum Gasteiger partial charge on any atom is -0.309 e. The van der Waals surface area contributed by atoms with Crippen LogP contribution in [0.2, 0.25) is 0 Å². The molecule has 0 radical (unpaired) electrons. The lowest BCUT2D eigenvalue weighted by atomic mass is 9.97. The van der Waals surface area contributed by atoms with Gasteiger partial charge in [-0.2, -0.15) is 0 Å². The maximum atomic E-state index is 5.00. The van der Waals surface area contributed by atoms with Gasteiger partial charge in [-0.05, 0) is 77.4 Å². The van der Waals surface area contributed by atoms with Gasteiger partial charge in [0.15, 0.2) is 17.5 Å². The third-order valence-corrected chi connectivity index (χ3v) is 12.0. The number of nitrogens with zero attached hydrogens (tertiary/aromatic N) is 5. The Morgan fingerprint density at radius 2 is 0.661 bits per heavy atom. The van der Waals surface area contributed by atoms with Crippen molar-refractivity contribution >= 4 is 43.6 Å². The van der Waals surface area contributed by atoms with Gasteiger partial charge in [0.2, 0.25) is 0 Å². The highest BCUT2D eigenvalue weighted by atomic mass is 15.0. The number of fused-ring (bicyclic) bond motifs is 6. The van der Waals surface area contributed by atoms with Gasteiger partial charge in [-0.3, -0.25) is 0 Å². The zero-order valence-electron chi connectivity index (χ0n) is 33.6. The Hall–Kier alpha value is -8.41. The first-order chi connectivity index (χ1) is 30.7. The highest BCUT2D eigenvalue weighted by Gasteiger charge is 2.21. The second-order valence-electron chi connectivity index (χ2n) is 15.6. The third kappa shape index (κ3) is 5.98. The lowest BCUT2D eigenvalue weighted by Gasteiger charge is -2.16. The smallest absolute Gasteiger partial charge is 0.164 e. The van der Waals surface area contributed by atoms with Gasteiger partial charge in [0, 0.05) is 49.5 Å². The van der Waals surface area contributed by atoms with Crippen molar-refractivity contribution in [3.63, 3.8) is 0 Å². The standard InChI is InChI=1S/C57H37N5/c1-5-17-38(18-6-1)43-31-34-52(47(35-43)39-19-7-2-8-20-39)62-51-28-16-14-26-46(51)49-36-53-48(37-54(49)62)45-25-13-15-27-50(45)61(53)44-32-29-42(30-33-44)57-59-55(40-21-9-3-10-22-40)58-56(60-57)41-23-11-4-12-24-41/h1-37H. The molecule has 0 saturated heterocycles. The van der Waals surface area contributed by atoms with E-state index >= 15 is 0 Å². The third-order valence-electron chi connectivity index (χ3n) is 12.0. The molecule has 0 aliphatic carbocycles. The molecule has 0 N–H and O–H groups in total. The summed E-state index contributed by atoms with van der Waals surface area (Å²) in [4.78, 5) is 14.9. The maximum absolute atomic E-state index is 5.00. The lowest BCUT2D eigenvalue weighted by Crippen LogP contribution is -2.00. The molecule has 0 aliphatic rings. The second-order valence-corrected chi connectivity index (χ2v) is 15.6. The molecule has 3 aromatic heterocycles. The number of rotatable bonds is 7. The van der Waals surface area contributed by atoms with E-state index in [1.54, 1.807) is 0 Å². The molecule has 12 aromatic rings. The van der Waals surface area contributed by atoms with Crippen molar-refractivity contribution in [1.82, 2.24) is 24.1 Å². The van der Waals surface area contributed by atoms with E-state index in [4.69, 9.17) is 15.0 Å². The van der Waals surface area contributed by atoms with Gasteiger partial charge in [0.05, 0.1) is 27.8 Å². The van der Waals surface area contributed by atoms with Crippen molar-refractivity contribution in [2.45, 2.75) is 0 Å². The Morgan fingerprint density at radius 3 is 1.19 bits per heavy atom. The van der Waals surface area contributed by atoms with Gasteiger partial charge >= 0.3 is 0 Å². The summed E-state index contributed by atoms with van der Waals surface area (Å²) >= 11 is 0. The van der Waals surface area contributed by atoms with Crippen LogP contribution in [-0.2, 0) is 0 Å². The van der Waals surface area contributed by atoms with Crippen LogP contribution in [-0.4, -0.2) is 24.1 Å². The van der Waals surface area contributed by atoms with E-state index in [0.29, 0.717) is 17.5 Å². The summed E-state index contributed by atoms with van der Waals surface area (Å²) in [6.07, 6.45) is 0. The number of hydrogen-bond donors (Lipinski definition) is 0. The summed E-state index contributed by atoms with van der Waals surface area (Å²) in [6, 6.07) is 79.5. The fourth-order valence-corrected chi connectivity index (χ4v) is 9.06. The van der Waals surface area contributed by atoms with Crippen molar-refractivity contribution in [2.75, 3.05) is 0 Å². The van der Waals surface area contributed by atoms with Crippen molar-refractivity contribution in [2.24, 2.45) is 0 Å². The van der Waals surface area contributed by atoms with Gasteiger partial charge < -0.3 is 9.13 Å². The normalized spacial score (nSPS) is 11.5. The van der Waals surface area contributed by atoms with Crippen molar-refractivity contribution in [1.29, 1.82) is 0 Å². The average molecular weight is 792 g/mol. The molecule has 5 heteroatoms. The van der Waals surface area contributed by atoms with Crippen LogP contribution in [0.5, 0.6) is 0 Å². The van der Waals surface area contributed by atoms with Crippen LogP contribution in [0.25, 0.3) is 111 Å². The maximum Gasteiger partial charge on any atom is 0.164 e. The van der Waals surface area contributed by atoms with Crippen LogP contribution in [0.15, 0.2) is 224 Å². The molecule has 0 aliphatic heterocycles. The predicted octanol–water partition coefficient (Wildman–Crippen LogP) is 14.4. The molecule has 290 valence electrons. The van der Waals surface area contributed by atoms with Crippen LogP contribution in [0.3, 0.4) is 0 Å². The van der Waals surface area contributed by atoms with E-state index in [1.807, 2.05) is 60.7 Å². The molecule has 3 heterocycles. The summed E-state index contributed by atoms with van der Waals surface area (Å²) < 4.78 is 4.85.